The maximum atomic E-state index is 6.16. The molecule has 1 aliphatic carbocycles. The molecule has 2 atom stereocenters. The van der Waals surface area contributed by atoms with Gasteiger partial charge in [0.25, 0.3) is 0 Å². The van der Waals surface area contributed by atoms with E-state index in [1.54, 1.807) is 0 Å². The van der Waals surface area contributed by atoms with Crippen LogP contribution in [0.5, 0.6) is 0 Å². The van der Waals surface area contributed by atoms with Gasteiger partial charge in [-0.3, -0.25) is 0 Å². The van der Waals surface area contributed by atoms with Crippen LogP contribution < -0.4 is 0 Å². The molecule has 0 bridgehead atoms. The smallest absolute Gasteiger partial charge is 0.0760 e. The number of rotatable bonds is 10. The molecule has 0 saturated carbocycles. The summed E-state index contributed by atoms with van der Waals surface area (Å²) in [7, 11) is 0. The van der Waals surface area contributed by atoms with Gasteiger partial charge in [-0.05, 0) is 54.4 Å². The molecule has 0 amide bonds. The number of hydrogen-bond donors (Lipinski definition) is 0. The van der Waals surface area contributed by atoms with Crippen molar-refractivity contribution in [2.24, 2.45) is 0 Å². The molecular formula is C27H36O. The van der Waals surface area contributed by atoms with Crippen LogP contribution in [0.1, 0.15) is 80.5 Å². The Labute approximate surface area is 171 Å². The third-order valence-electron chi connectivity index (χ3n) is 5.82. The first-order chi connectivity index (χ1) is 13.8. The fraction of sp³-hybridized carbons (Fsp3) is 0.481. The van der Waals surface area contributed by atoms with E-state index in [0.717, 1.165) is 6.42 Å². The van der Waals surface area contributed by atoms with E-state index in [-0.39, 0.29) is 6.10 Å². The van der Waals surface area contributed by atoms with Gasteiger partial charge in [0.05, 0.1) is 12.7 Å². The number of unbranched alkanes of at least 4 members (excludes halogenated alkanes) is 2. The Balaban J connectivity index is 1.45. The minimum atomic E-state index is 0.250. The Bertz CT molecular complexity index is 711. The van der Waals surface area contributed by atoms with Gasteiger partial charge in [0, 0.05) is 5.92 Å². The summed E-state index contributed by atoms with van der Waals surface area (Å²) >= 11 is 0. The molecule has 28 heavy (non-hydrogen) atoms. The summed E-state index contributed by atoms with van der Waals surface area (Å²) in [5, 5.41) is 0. The highest BCUT2D eigenvalue weighted by Crippen LogP contribution is 2.29. The maximum absolute atomic E-state index is 6.16. The first kappa shape index (κ1) is 20.9. The van der Waals surface area contributed by atoms with Crippen LogP contribution in [0, 0.1) is 0 Å². The SMILES string of the molecule is CCCCCc1ccc(COC2C=CC(c3ccc(CCC)cc3)CC2)cc1. The van der Waals surface area contributed by atoms with Gasteiger partial charge in [-0.2, -0.15) is 0 Å². The van der Waals surface area contributed by atoms with Crippen LogP contribution in [0.4, 0.5) is 0 Å². The van der Waals surface area contributed by atoms with E-state index in [4.69, 9.17) is 4.74 Å². The quantitative estimate of drug-likeness (QED) is 0.310. The molecule has 1 nitrogen and oxygen atoms in total. The summed E-state index contributed by atoms with van der Waals surface area (Å²) in [6.45, 7) is 5.20. The van der Waals surface area contributed by atoms with Crippen LogP contribution in [0.25, 0.3) is 0 Å². The third kappa shape index (κ3) is 6.34. The van der Waals surface area contributed by atoms with Crippen LogP contribution in [-0.4, -0.2) is 6.10 Å². The summed E-state index contributed by atoms with van der Waals surface area (Å²) in [5.41, 5.74) is 5.61. The Kier molecular flexibility index (Phi) is 8.36. The Hall–Kier alpha value is -1.86. The molecule has 1 heteroatoms. The molecule has 0 aromatic heterocycles. The van der Waals surface area contributed by atoms with Crippen molar-refractivity contribution < 1.29 is 4.74 Å². The van der Waals surface area contributed by atoms with Gasteiger partial charge >= 0.3 is 0 Å². The summed E-state index contributed by atoms with van der Waals surface area (Å²) in [5.74, 6) is 0.540. The topological polar surface area (TPSA) is 9.23 Å². The summed E-state index contributed by atoms with van der Waals surface area (Å²) < 4.78 is 6.16. The molecule has 1 aliphatic rings. The largest absolute Gasteiger partial charge is 0.369 e. The van der Waals surface area contributed by atoms with E-state index in [1.165, 1.54) is 67.2 Å². The molecule has 150 valence electrons. The second kappa shape index (κ2) is 11.2. The van der Waals surface area contributed by atoms with E-state index in [2.05, 4.69) is 74.5 Å². The highest BCUT2D eigenvalue weighted by atomic mass is 16.5. The average molecular weight is 377 g/mol. The molecule has 2 unspecified atom stereocenters. The van der Waals surface area contributed by atoms with Crippen LogP contribution in [0.3, 0.4) is 0 Å². The zero-order valence-corrected chi connectivity index (χ0v) is 17.7. The lowest BCUT2D eigenvalue weighted by Crippen LogP contribution is -2.16. The normalized spacial score (nSPS) is 19.1. The van der Waals surface area contributed by atoms with Crippen molar-refractivity contribution in [2.75, 3.05) is 0 Å². The van der Waals surface area contributed by atoms with Crippen LogP contribution in [0.2, 0.25) is 0 Å². The monoisotopic (exact) mass is 376 g/mol. The average Bonchev–Trinajstić information content (AvgIpc) is 2.75. The first-order valence-electron chi connectivity index (χ1n) is 11.2. The van der Waals surface area contributed by atoms with Crippen molar-refractivity contribution in [1.29, 1.82) is 0 Å². The predicted octanol–water partition coefficient (Wildman–Crippen LogP) is 7.39. The number of ether oxygens (including phenoxy) is 1. The van der Waals surface area contributed by atoms with Crippen LogP contribution in [-0.2, 0) is 24.2 Å². The van der Waals surface area contributed by atoms with Gasteiger partial charge in [-0.25, -0.2) is 0 Å². The lowest BCUT2D eigenvalue weighted by molar-refractivity contribution is 0.0612. The lowest BCUT2D eigenvalue weighted by Gasteiger charge is -2.23. The van der Waals surface area contributed by atoms with Gasteiger partial charge in [0.1, 0.15) is 0 Å². The number of aryl methyl sites for hydroxylation is 2. The van der Waals surface area contributed by atoms with Crippen molar-refractivity contribution in [2.45, 2.75) is 83.8 Å². The molecule has 0 spiro atoms. The van der Waals surface area contributed by atoms with Crippen molar-refractivity contribution in [1.82, 2.24) is 0 Å². The number of allylic oxidation sites excluding steroid dienone is 1. The van der Waals surface area contributed by atoms with E-state index in [0.29, 0.717) is 12.5 Å². The summed E-state index contributed by atoms with van der Waals surface area (Å²) in [6, 6.07) is 18.2. The summed E-state index contributed by atoms with van der Waals surface area (Å²) in [6.07, 6.45) is 14.6. The van der Waals surface area contributed by atoms with E-state index in [9.17, 15) is 0 Å². The minimum absolute atomic E-state index is 0.250. The van der Waals surface area contributed by atoms with Gasteiger partial charge in [-0.15, -0.1) is 0 Å². The molecule has 0 aliphatic heterocycles. The van der Waals surface area contributed by atoms with Gasteiger partial charge in [0.15, 0.2) is 0 Å². The van der Waals surface area contributed by atoms with Crippen molar-refractivity contribution in [3.8, 4) is 0 Å². The molecule has 2 aromatic rings. The Morgan fingerprint density at radius 1 is 0.714 bits per heavy atom. The van der Waals surface area contributed by atoms with Crippen LogP contribution >= 0.6 is 0 Å². The van der Waals surface area contributed by atoms with Gasteiger partial charge in [0.2, 0.25) is 0 Å². The summed E-state index contributed by atoms with van der Waals surface area (Å²) in [4.78, 5) is 0. The number of hydrogen-bond acceptors (Lipinski definition) is 1. The standard InChI is InChI=1S/C27H36O/c1-3-5-6-8-23-9-11-24(12-10-23)21-28-27-19-17-26(18-20-27)25-15-13-22(7-4-2)14-16-25/h9-17,19,26-27H,3-8,18,20-21H2,1-2H3. The Morgan fingerprint density at radius 3 is 2.04 bits per heavy atom. The second-order valence-electron chi connectivity index (χ2n) is 8.18. The molecule has 0 N–H and O–H groups in total. The third-order valence-corrected chi connectivity index (χ3v) is 5.82. The maximum Gasteiger partial charge on any atom is 0.0760 e. The highest BCUT2D eigenvalue weighted by Gasteiger charge is 2.17. The fourth-order valence-electron chi connectivity index (χ4n) is 4.02. The highest BCUT2D eigenvalue weighted by molar-refractivity contribution is 5.29. The first-order valence-corrected chi connectivity index (χ1v) is 11.2. The molecule has 3 rings (SSSR count). The Morgan fingerprint density at radius 2 is 1.39 bits per heavy atom. The van der Waals surface area contributed by atoms with E-state index < -0.39 is 0 Å². The van der Waals surface area contributed by atoms with Crippen LogP contribution in [0.15, 0.2) is 60.7 Å². The fourth-order valence-corrected chi connectivity index (χ4v) is 4.02. The van der Waals surface area contributed by atoms with Gasteiger partial charge < -0.3 is 4.74 Å². The van der Waals surface area contributed by atoms with E-state index in [1.807, 2.05) is 0 Å². The molecule has 2 aromatic carbocycles. The lowest BCUT2D eigenvalue weighted by atomic mass is 9.87. The minimum Gasteiger partial charge on any atom is -0.369 e. The van der Waals surface area contributed by atoms with Crippen molar-refractivity contribution >= 4 is 0 Å². The molecule has 0 fully saturated rings. The predicted molar refractivity (Wildman–Crippen MR) is 120 cm³/mol. The van der Waals surface area contributed by atoms with Crippen molar-refractivity contribution in [3.63, 3.8) is 0 Å². The van der Waals surface area contributed by atoms with E-state index >= 15 is 0 Å². The molecule has 0 radical (unpaired) electrons. The zero-order valence-electron chi connectivity index (χ0n) is 17.7. The zero-order chi connectivity index (χ0) is 19.6. The second-order valence-corrected chi connectivity index (χ2v) is 8.18. The molecule has 0 heterocycles. The van der Waals surface area contributed by atoms with Gasteiger partial charge in [-0.1, -0.05) is 93.8 Å². The molecular weight excluding hydrogens is 340 g/mol. The number of benzene rings is 2. The van der Waals surface area contributed by atoms with Crippen molar-refractivity contribution in [3.05, 3.63) is 82.9 Å². The molecule has 0 saturated heterocycles.